The number of aryl methyl sites for hydroxylation is 1. The van der Waals surface area contributed by atoms with Gasteiger partial charge in [0.05, 0.1) is 5.75 Å². The van der Waals surface area contributed by atoms with Gasteiger partial charge in [0, 0.05) is 6.42 Å². The lowest BCUT2D eigenvalue weighted by Crippen LogP contribution is -2.01. The minimum atomic E-state index is 0.703. The van der Waals surface area contributed by atoms with E-state index in [1.54, 1.807) is 0 Å². The second-order valence-corrected chi connectivity index (χ2v) is 4.25. The number of hydrogen-bond donors (Lipinski definition) is 2. The van der Waals surface area contributed by atoms with Crippen LogP contribution in [0.4, 0.5) is 0 Å². The molecule has 3 N–H and O–H groups in total. The first-order valence-corrected chi connectivity index (χ1v) is 6.20. The summed E-state index contributed by atoms with van der Waals surface area (Å²) in [6, 6.07) is 0. The third kappa shape index (κ3) is 4.11. The Morgan fingerprint density at radius 3 is 3.07 bits per heavy atom. The van der Waals surface area contributed by atoms with Gasteiger partial charge in [-0.15, -0.1) is 0 Å². The molecule has 0 spiro atoms. The molecule has 0 atom stereocenters. The van der Waals surface area contributed by atoms with E-state index in [0.717, 1.165) is 30.2 Å². The topological polar surface area (TPSA) is 67.6 Å². The summed E-state index contributed by atoms with van der Waals surface area (Å²) in [7, 11) is 0. The zero-order chi connectivity index (χ0) is 10.2. The lowest BCUT2D eigenvalue weighted by Gasteiger charge is -1.93. The lowest BCUT2D eigenvalue weighted by atomic mass is 10.3. The van der Waals surface area contributed by atoms with Crippen molar-refractivity contribution in [2.24, 2.45) is 5.73 Å². The Morgan fingerprint density at radius 1 is 1.50 bits per heavy atom. The molecule has 0 aliphatic rings. The fourth-order valence-electron chi connectivity index (χ4n) is 1.08. The van der Waals surface area contributed by atoms with E-state index in [1.165, 1.54) is 12.2 Å². The highest BCUT2D eigenvalue weighted by atomic mass is 32.2. The van der Waals surface area contributed by atoms with E-state index in [0.29, 0.717) is 6.54 Å². The molecule has 0 saturated heterocycles. The zero-order valence-electron chi connectivity index (χ0n) is 8.62. The normalized spacial score (nSPS) is 10.7. The summed E-state index contributed by atoms with van der Waals surface area (Å²) in [5.41, 5.74) is 5.41. The van der Waals surface area contributed by atoms with Gasteiger partial charge in [0.2, 0.25) is 0 Å². The van der Waals surface area contributed by atoms with Gasteiger partial charge in [-0.2, -0.15) is 16.9 Å². The van der Waals surface area contributed by atoms with Crippen LogP contribution in [0.2, 0.25) is 0 Å². The minimum Gasteiger partial charge on any atom is -0.330 e. The molecule has 1 heterocycles. The maximum absolute atomic E-state index is 5.41. The standard InChI is InChI=1S/C9H18N4S/c1-2-6-14-7-9-11-8(12-13-9)4-3-5-10/h2-7,10H2,1H3,(H,11,12,13). The van der Waals surface area contributed by atoms with Gasteiger partial charge < -0.3 is 5.73 Å². The van der Waals surface area contributed by atoms with Crippen molar-refractivity contribution >= 4 is 11.8 Å². The molecule has 0 unspecified atom stereocenters. The molecule has 1 rings (SSSR count). The highest BCUT2D eigenvalue weighted by Crippen LogP contribution is 2.09. The molecule has 0 aromatic carbocycles. The van der Waals surface area contributed by atoms with E-state index in [4.69, 9.17) is 5.73 Å². The Morgan fingerprint density at radius 2 is 2.36 bits per heavy atom. The van der Waals surface area contributed by atoms with E-state index in [1.807, 2.05) is 11.8 Å². The molecule has 0 amide bonds. The van der Waals surface area contributed by atoms with Crippen LogP contribution in [-0.4, -0.2) is 27.5 Å². The number of rotatable bonds is 7. The molecule has 0 aliphatic heterocycles. The molecule has 4 nitrogen and oxygen atoms in total. The third-order valence-corrected chi connectivity index (χ3v) is 2.94. The predicted octanol–water partition coefficient (Wildman–Crippen LogP) is 1.34. The molecule has 0 bridgehead atoms. The number of H-pyrrole nitrogens is 1. The molecular formula is C9H18N4S. The zero-order valence-corrected chi connectivity index (χ0v) is 9.44. The summed E-state index contributed by atoms with van der Waals surface area (Å²) in [6.07, 6.45) is 3.05. The number of thioether (sulfide) groups is 1. The molecule has 0 saturated carbocycles. The van der Waals surface area contributed by atoms with Gasteiger partial charge >= 0.3 is 0 Å². The largest absolute Gasteiger partial charge is 0.330 e. The first-order valence-electron chi connectivity index (χ1n) is 5.04. The fourth-order valence-corrected chi connectivity index (χ4v) is 1.84. The Bertz CT molecular complexity index is 249. The summed E-state index contributed by atoms with van der Waals surface area (Å²) >= 11 is 1.89. The second kappa shape index (κ2) is 6.84. The van der Waals surface area contributed by atoms with E-state index in [-0.39, 0.29) is 0 Å². The molecular weight excluding hydrogens is 196 g/mol. The van der Waals surface area contributed by atoms with Crippen LogP contribution in [0.25, 0.3) is 0 Å². The van der Waals surface area contributed by atoms with Crippen molar-refractivity contribution in [3.8, 4) is 0 Å². The number of hydrogen-bond acceptors (Lipinski definition) is 4. The Kier molecular flexibility index (Phi) is 5.63. The Hall–Kier alpha value is -0.550. The summed E-state index contributed by atoms with van der Waals surface area (Å²) in [4.78, 5) is 4.38. The van der Waals surface area contributed by atoms with Crippen LogP contribution in [-0.2, 0) is 12.2 Å². The van der Waals surface area contributed by atoms with Crippen molar-refractivity contribution in [1.29, 1.82) is 0 Å². The third-order valence-electron chi connectivity index (χ3n) is 1.77. The van der Waals surface area contributed by atoms with Gasteiger partial charge in [0.25, 0.3) is 0 Å². The first-order chi connectivity index (χ1) is 6.86. The average Bonchev–Trinajstić information content (AvgIpc) is 2.63. The van der Waals surface area contributed by atoms with Crippen molar-refractivity contribution in [3.05, 3.63) is 11.6 Å². The van der Waals surface area contributed by atoms with Crippen LogP contribution in [0.15, 0.2) is 0 Å². The van der Waals surface area contributed by atoms with Crippen molar-refractivity contribution in [3.63, 3.8) is 0 Å². The molecule has 0 radical (unpaired) electrons. The number of nitrogens with one attached hydrogen (secondary N) is 1. The van der Waals surface area contributed by atoms with Gasteiger partial charge in [-0.25, -0.2) is 4.98 Å². The molecule has 0 fully saturated rings. The van der Waals surface area contributed by atoms with Gasteiger partial charge in [0.1, 0.15) is 5.82 Å². The highest BCUT2D eigenvalue weighted by molar-refractivity contribution is 7.98. The number of nitrogens with zero attached hydrogens (tertiary/aromatic N) is 2. The predicted molar refractivity (Wildman–Crippen MR) is 60.2 cm³/mol. The molecule has 1 aromatic heterocycles. The maximum Gasteiger partial charge on any atom is 0.150 e. The highest BCUT2D eigenvalue weighted by Gasteiger charge is 2.01. The smallest absolute Gasteiger partial charge is 0.150 e. The van der Waals surface area contributed by atoms with Crippen LogP contribution in [0.3, 0.4) is 0 Å². The summed E-state index contributed by atoms with van der Waals surface area (Å²) < 4.78 is 0. The molecule has 14 heavy (non-hydrogen) atoms. The molecule has 0 aliphatic carbocycles. The van der Waals surface area contributed by atoms with Crippen molar-refractivity contribution in [2.75, 3.05) is 12.3 Å². The number of nitrogens with two attached hydrogens (primary N) is 1. The summed E-state index contributed by atoms with van der Waals surface area (Å²) in [5.74, 6) is 3.99. The van der Waals surface area contributed by atoms with E-state index < -0.39 is 0 Å². The number of aromatic nitrogens is 3. The SMILES string of the molecule is CCCSCc1nc(CCCN)n[nH]1. The van der Waals surface area contributed by atoms with Crippen LogP contribution >= 0.6 is 11.8 Å². The lowest BCUT2D eigenvalue weighted by molar-refractivity contribution is 0.785. The monoisotopic (exact) mass is 214 g/mol. The first kappa shape index (κ1) is 11.5. The quantitative estimate of drug-likeness (QED) is 0.672. The molecule has 5 heteroatoms. The Balaban J connectivity index is 2.27. The number of aromatic amines is 1. The van der Waals surface area contributed by atoms with Gasteiger partial charge in [-0.1, -0.05) is 6.92 Å². The summed E-state index contributed by atoms with van der Waals surface area (Å²) in [5, 5.41) is 7.08. The maximum atomic E-state index is 5.41. The van der Waals surface area contributed by atoms with Crippen LogP contribution < -0.4 is 5.73 Å². The van der Waals surface area contributed by atoms with Gasteiger partial charge in [0.15, 0.2) is 5.82 Å². The average molecular weight is 214 g/mol. The van der Waals surface area contributed by atoms with Crippen LogP contribution in [0.1, 0.15) is 31.4 Å². The Labute approximate surface area is 89.1 Å². The van der Waals surface area contributed by atoms with Crippen LogP contribution in [0, 0.1) is 0 Å². The van der Waals surface area contributed by atoms with Crippen molar-refractivity contribution in [2.45, 2.75) is 31.9 Å². The van der Waals surface area contributed by atoms with E-state index in [9.17, 15) is 0 Å². The van der Waals surface area contributed by atoms with Crippen molar-refractivity contribution < 1.29 is 0 Å². The fraction of sp³-hybridized carbons (Fsp3) is 0.778. The summed E-state index contributed by atoms with van der Waals surface area (Å²) in [6.45, 7) is 2.88. The second-order valence-electron chi connectivity index (χ2n) is 3.14. The molecule has 1 aromatic rings. The van der Waals surface area contributed by atoms with Crippen molar-refractivity contribution in [1.82, 2.24) is 15.2 Å². The minimum absolute atomic E-state index is 0.703. The van der Waals surface area contributed by atoms with Crippen LogP contribution in [0.5, 0.6) is 0 Å². The van der Waals surface area contributed by atoms with E-state index in [2.05, 4.69) is 22.1 Å². The van der Waals surface area contributed by atoms with Gasteiger partial charge in [-0.3, -0.25) is 5.10 Å². The molecule has 80 valence electrons. The van der Waals surface area contributed by atoms with E-state index >= 15 is 0 Å². The van der Waals surface area contributed by atoms with Gasteiger partial charge in [-0.05, 0) is 25.1 Å².